The number of primary amides is 1. The van der Waals surface area contributed by atoms with Crippen molar-refractivity contribution in [1.82, 2.24) is 31.5 Å². The molecule has 0 aromatic heterocycles. The Hall–Kier alpha value is -7.99. The summed E-state index contributed by atoms with van der Waals surface area (Å²) in [5.41, 5.74) is 22.2. The summed E-state index contributed by atoms with van der Waals surface area (Å²) in [5, 5.41) is 31.5. The van der Waals surface area contributed by atoms with Gasteiger partial charge in [0.25, 0.3) is 0 Å². The van der Waals surface area contributed by atoms with Crippen molar-refractivity contribution in [1.29, 1.82) is 0 Å². The number of nitrogens with two attached hydrogens (primary N) is 4. The van der Waals surface area contributed by atoms with Gasteiger partial charge in [-0.15, -0.1) is 0 Å². The van der Waals surface area contributed by atoms with Gasteiger partial charge in [0.15, 0.2) is 36.6 Å². The lowest BCUT2D eigenvalue weighted by Gasteiger charge is -2.43. The van der Waals surface area contributed by atoms with Gasteiger partial charge >= 0.3 is 29.8 Å². The molecule has 30 heteroatoms. The molecular formula is C45H65N11O19. The van der Waals surface area contributed by atoms with Crippen molar-refractivity contribution in [3.63, 3.8) is 0 Å². The number of carboxylic acid groups (broad SMARTS) is 2. The second-order valence-corrected chi connectivity index (χ2v) is 17.3. The Morgan fingerprint density at radius 1 is 0.760 bits per heavy atom. The molecule has 75 heavy (non-hydrogen) atoms. The average molecular weight is 1060 g/mol. The highest BCUT2D eigenvalue weighted by Crippen LogP contribution is 2.29. The maximum absolute atomic E-state index is 14.0. The number of carbonyl (C=O) groups excluding carboxylic acids is 10. The fourth-order valence-electron chi connectivity index (χ4n) is 7.85. The summed E-state index contributed by atoms with van der Waals surface area (Å²) in [4.78, 5) is 158. The lowest BCUT2D eigenvalue weighted by atomic mass is 9.99. The van der Waals surface area contributed by atoms with E-state index in [2.05, 4.69) is 31.6 Å². The maximum atomic E-state index is 14.0. The van der Waals surface area contributed by atoms with Gasteiger partial charge in [-0.2, -0.15) is 0 Å². The number of carboxylic acids is 2. The highest BCUT2D eigenvalue weighted by molar-refractivity contribution is 5.97. The van der Waals surface area contributed by atoms with Crippen LogP contribution < -0.4 is 49.5 Å². The van der Waals surface area contributed by atoms with Crippen LogP contribution in [0.1, 0.15) is 71.8 Å². The van der Waals surface area contributed by atoms with Gasteiger partial charge in [-0.1, -0.05) is 30.3 Å². The molecule has 414 valence electrons. The number of benzene rings is 1. The van der Waals surface area contributed by atoms with E-state index < -0.39 is 164 Å². The van der Waals surface area contributed by atoms with Crippen LogP contribution in [0.15, 0.2) is 35.3 Å². The van der Waals surface area contributed by atoms with Crippen molar-refractivity contribution in [2.45, 2.75) is 140 Å². The molecule has 0 unspecified atom stereocenters. The number of aliphatic imine (C=N–C) groups is 1. The average Bonchev–Trinajstić information content (AvgIpc) is 3.82. The van der Waals surface area contributed by atoms with Crippen LogP contribution in [-0.2, 0) is 87.6 Å². The van der Waals surface area contributed by atoms with E-state index in [1.54, 1.807) is 30.3 Å². The number of guanidine groups is 1. The van der Waals surface area contributed by atoms with E-state index in [0.717, 1.165) is 25.7 Å². The molecule has 3 rings (SSSR count). The Kier molecular flexibility index (Phi) is 24.2. The summed E-state index contributed by atoms with van der Waals surface area (Å²) in [5.74, 6) is -12.9. The van der Waals surface area contributed by atoms with Crippen LogP contribution in [0.3, 0.4) is 0 Å². The van der Waals surface area contributed by atoms with Crippen LogP contribution in [0.25, 0.3) is 0 Å². The molecule has 2 fully saturated rings. The molecule has 1 aromatic rings. The van der Waals surface area contributed by atoms with Crippen molar-refractivity contribution in [2.24, 2.45) is 27.9 Å². The van der Waals surface area contributed by atoms with E-state index in [0.29, 0.717) is 12.0 Å². The molecule has 7 amide bonds. The van der Waals surface area contributed by atoms with Crippen LogP contribution >= 0.6 is 0 Å². The van der Waals surface area contributed by atoms with Crippen LogP contribution in [-0.4, -0.2) is 185 Å². The van der Waals surface area contributed by atoms with Crippen LogP contribution in [0.5, 0.6) is 0 Å². The third kappa shape index (κ3) is 20.4. The van der Waals surface area contributed by atoms with Gasteiger partial charge in [0.2, 0.25) is 41.4 Å². The molecule has 30 nitrogen and oxygen atoms in total. The van der Waals surface area contributed by atoms with Gasteiger partial charge in [0.1, 0.15) is 24.2 Å². The Morgan fingerprint density at radius 3 is 1.95 bits per heavy atom. The second kappa shape index (κ2) is 29.6. The molecule has 0 radical (unpaired) electrons. The summed E-state index contributed by atoms with van der Waals surface area (Å²) >= 11 is 0. The first-order valence-electron chi connectivity index (χ1n) is 23.4. The molecule has 2 aliphatic heterocycles. The van der Waals surface area contributed by atoms with Crippen LogP contribution in [0.4, 0.5) is 0 Å². The predicted octanol–water partition coefficient (Wildman–Crippen LogP) is -5.35. The molecule has 2 saturated heterocycles. The Bertz CT molecular complexity index is 2280. The molecule has 15 N–H and O–H groups in total. The smallest absolute Gasteiger partial charge is 0.328 e. The largest absolute Gasteiger partial charge is 0.481 e. The Balaban J connectivity index is 1.79. The monoisotopic (exact) mass is 1060 g/mol. The lowest BCUT2D eigenvalue weighted by molar-refractivity contribution is -0.301. The van der Waals surface area contributed by atoms with Gasteiger partial charge in [0.05, 0.1) is 38.1 Å². The molecule has 0 aliphatic carbocycles. The molecule has 2 heterocycles. The van der Waals surface area contributed by atoms with Crippen molar-refractivity contribution < 1.29 is 91.4 Å². The fraction of sp³-hybridized carbons (Fsp3) is 0.578. The summed E-state index contributed by atoms with van der Waals surface area (Å²) in [6.45, 7) is 2.83. The standard InChI is InChI=1S/C45H65N11O19/c1-21-35(73-22(2)57)36(74-23(3)58)37(75-24(4)59)44(72-21)71-20-30(43(69)70)55-39(65)28(16-25-10-6-5-7-11-25)54-40(66)29(18-34(62)63)52-33(61)19-51-38(64)27(12-8-14-50-45(48)49)53-41(67)31-13-9-15-56(31)42(68)26(46)17-32(47)60/h5-7,10-11,21,26-31,35-37,44H,8-9,12-20,46H2,1-4H3,(H2,47,60)(H,51,64)(H,52,61)(H,53,67)(H,54,66)(H,55,65)(H,62,63)(H,69,70)(H4,48,49,50)/t21-,26-,27-,28-,29-,30-,31-,35-,36+,37+,44+/m0/s1. The van der Waals surface area contributed by atoms with E-state index in [1.165, 1.54) is 6.92 Å². The van der Waals surface area contributed by atoms with E-state index in [4.69, 9.17) is 46.6 Å². The number of carbonyl (C=O) groups is 12. The molecule has 11 atom stereocenters. The molecule has 0 bridgehead atoms. The zero-order valence-electron chi connectivity index (χ0n) is 41.6. The topological polar surface area (TPSA) is 471 Å². The molecule has 0 spiro atoms. The van der Waals surface area contributed by atoms with Gasteiger partial charge in [-0.25, -0.2) is 4.79 Å². The minimum atomic E-state index is -1.94. The van der Waals surface area contributed by atoms with Crippen LogP contribution in [0, 0.1) is 0 Å². The number of nitrogens with zero attached hydrogens (tertiary/aromatic N) is 2. The van der Waals surface area contributed by atoms with E-state index >= 15 is 0 Å². The first-order valence-corrected chi connectivity index (χ1v) is 23.4. The van der Waals surface area contributed by atoms with Crippen molar-refractivity contribution in [3.05, 3.63) is 35.9 Å². The summed E-state index contributed by atoms with van der Waals surface area (Å²) in [6.07, 6.45) is -8.49. The maximum Gasteiger partial charge on any atom is 0.328 e. The Labute approximate surface area is 429 Å². The highest BCUT2D eigenvalue weighted by Gasteiger charge is 2.51. The van der Waals surface area contributed by atoms with Crippen molar-refractivity contribution in [2.75, 3.05) is 26.2 Å². The van der Waals surface area contributed by atoms with Crippen molar-refractivity contribution >= 4 is 77.2 Å². The number of likely N-dealkylation sites (tertiary alicyclic amines) is 1. The third-order valence-corrected chi connectivity index (χ3v) is 11.2. The summed E-state index contributed by atoms with van der Waals surface area (Å²) < 4.78 is 27.4. The first kappa shape index (κ1) is 61.3. The van der Waals surface area contributed by atoms with E-state index in [-0.39, 0.29) is 44.7 Å². The number of hydrogen-bond acceptors (Lipinski definition) is 19. The van der Waals surface area contributed by atoms with Gasteiger partial charge in [-0.05, 0) is 38.2 Å². The van der Waals surface area contributed by atoms with Gasteiger partial charge < -0.3 is 88.3 Å². The zero-order chi connectivity index (χ0) is 56.1. The summed E-state index contributed by atoms with van der Waals surface area (Å²) in [7, 11) is 0. The Morgan fingerprint density at radius 2 is 1.36 bits per heavy atom. The first-order chi connectivity index (χ1) is 35.3. The number of amides is 7. The fourth-order valence-corrected chi connectivity index (χ4v) is 7.85. The minimum Gasteiger partial charge on any atom is -0.481 e. The minimum absolute atomic E-state index is 0.0191. The SMILES string of the molecule is CC(=O)O[C@@H]1[C@@H](OC(C)=O)[C@H](C)O[C@@H](OC[C@H](NC(=O)[C@H](Cc2ccccc2)NC(=O)[C@H](CC(=O)O)NC(=O)CNC(=O)[C@H](CCCN=C(N)N)NC(=O)[C@@H]2CCCN2C(=O)[C@@H](N)CC(N)=O)C(=O)O)[C@@H]1OC(C)=O. The highest BCUT2D eigenvalue weighted by atomic mass is 16.7. The number of ether oxygens (including phenoxy) is 5. The number of nitrogens with one attached hydrogen (secondary N) is 5. The van der Waals surface area contributed by atoms with E-state index in [1.807, 2.05) is 0 Å². The third-order valence-electron chi connectivity index (χ3n) is 11.2. The number of aliphatic carboxylic acids is 2. The predicted molar refractivity (Wildman–Crippen MR) is 254 cm³/mol. The zero-order valence-corrected chi connectivity index (χ0v) is 41.6. The molecule has 2 aliphatic rings. The number of esters is 3. The summed E-state index contributed by atoms with van der Waals surface area (Å²) in [6, 6.07) is -1.34. The normalized spacial score (nSPS) is 20.9. The van der Waals surface area contributed by atoms with Gasteiger partial charge in [0, 0.05) is 40.3 Å². The molecular weight excluding hydrogens is 999 g/mol. The van der Waals surface area contributed by atoms with Crippen molar-refractivity contribution in [3.8, 4) is 0 Å². The van der Waals surface area contributed by atoms with Crippen LogP contribution in [0.2, 0.25) is 0 Å². The molecule has 0 saturated carbocycles. The molecule has 1 aromatic carbocycles. The second-order valence-electron chi connectivity index (χ2n) is 17.3. The number of hydrogen-bond donors (Lipinski definition) is 11. The lowest BCUT2D eigenvalue weighted by Crippen LogP contribution is -2.62. The number of rotatable bonds is 28. The van der Waals surface area contributed by atoms with Gasteiger partial charge in [-0.3, -0.25) is 57.7 Å². The van der Waals surface area contributed by atoms with E-state index in [9.17, 15) is 67.7 Å². The quantitative estimate of drug-likeness (QED) is 0.0123.